The van der Waals surface area contributed by atoms with Crippen LogP contribution in [0, 0.1) is 12.7 Å². The van der Waals surface area contributed by atoms with Gasteiger partial charge in [-0.15, -0.1) is 0 Å². The molecule has 3 nitrogen and oxygen atoms in total. The van der Waals surface area contributed by atoms with E-state index in [1.54, 1.807) is 18.3 Å². The molecule has 0 atom stereocenters. The van der Waals surface area contributed by atoms with Crippen LogP contribution < -0.4 is 10.1 Å². The van der Waals surface area contributed by atoms with Gasteiger partial charge in [0.1, 0.15) is 24.0 Å². The zero-order chi connectivity index (χ0) is 12.8. The van der Waals surface area contributed by atoms with E-state index in [0.29, 0.717) is 18.9 Å². The fraction of sp³-hybridized carbons (Fsp3) is 0.214. The van der Waals surface area contributed by atoms with Crippen LogP contribution in [0.1, 0.15) is 5.56 Å². The molecule has 2 rings (SSSR count). The molecule has 0 saturated carbocycles. The summed E-state index contributed by atoms with van der Waals surface area (Å²) in [5.41, 5.74) is 1.15. The lowest BCUT2D eigenvalue weighted by molar-refractivity contribution is 0.331. The Balaban J connectivity index is 1.76. The largest absolute Gasteiger partial charge is 0.492 e. The summed E-state index contributed by atoms with van der Waals surface area (Å²) < 4.78 is 18.3. The highest BCUT2D eigenvalue weighted by molar-refractivity contribution is 5.36. The predicted molar refractivity (Wildman–Crippen MR) is 69.4 cm³/mol. The molecule has 0 amide bonds. The summed E-state index contributed by atoms with van der Waals surface area (Å²) in [6, 6.07) is 10.0. The predicted octanol–water partition coefficient (Wildman–Crippen LogP) is 3.02. The first kappa shape index (κ1) is 12.4. The molecule has 1 N–H and O–H groups in total. The number of hydrogen-bond donors (Lipinski definition) is 1. The molecule has 2 aromatic rings. The molecule has 0 saturated heterocycles. The fourth-order valence-electron chi connectivity index (χ4n) is 1.54. The van der Waals surface area contributed by atoms with Crippen molar-refractivity contribution in [3.05, 3.63) is 54.0 Å². The molecular formula is C14H15FN2O. The number of nitrogens with one attached hydrogen (secondary N) is 1. The second-order valence-corrected chi connectivity index (χ2v) is 3.95. The summed E-state index contributed by atoms with van der Waals surface area (Å²) in [6.07, 6.45) is 1.76. The van der Waals surface area contributed by atoms with Crippen LogP contribution in [-0.2, 0) is 0 Å². The number of aromatic nitrogens is 1. The lowest BCUT2D eigenvalue weighted by atomic mass is 10.3. The Hall–Kier alpha value is -2.10. The molecular weight excluding hydrogens is 231 g/mol. The van der Waals surface area contributed by atoms with E-state index in [4.69, 9.17) is 4.74 Å². The Labute approximate surface area is 106 Å². The Morgan fingerprint density at radius 1 is 1.28 bits per heavy atom. The fourth-order valence-corrected chi connectivity index (χ4v) is 1.54. The van der Waals surface area contributed by atoms with Crippen molar-refractivity contribution in [2.75, 3.05) is 18.5 Å². The molecule has 0 aliphatic carbocycles. The minimum Gasteiger partial charge on any atom is -0.492 e. The first-order chi connectivity index (χ1) is 8.74. The van der Waals surface area contributed by atoms with Crippen LogP contribution in [0.15, 0.2) is 42.6 Å². The lowest BCUT2D eigenvalue weighted by Crippen LogP contribution is -2.12. The number of anilines is 1. The van der Waals surface area contributed by atoms with Gasteiger partial charge in [-0.25, -0.2) is 9.37 Å². The summed E-state index contributed by atoms with van der Waals surface area (Å²) in [6.45, 7) is 3.09. The molecule has 1 aromatic carbocycles. The van der Waals surface area contributed by atoms with Gasteiger partial charge in [0.25, 0.3) is 0 Å². The maximum atomic E-state index is 12.9. The molecule has 0 radical (unpaired) electrons. The van der Waals surface area contributed by atoms with Crippen LogP contribution in [-0.4, -0.2) is 18.1 Å². The quantitative estimate of drug-likeness (QED) is 0.823. The minimum absolute atomic E-state index is 0.291. The van der Waals surface area contributed by atoms with Gasteiger partial charge in [0.05, 0.1) is 6.54 Å². The molecule has 0 unspecified atom stereocenters. The third kappa shape index (κ3) is 3.73. The molecule has 0 aliphatic rings. The summed E-state index contributed by atoms with van der Waals surface area (Å²) in [7, 11) is 0. The Kier molecular flexibility index (Phi) is 4.12. The molecule has 0 fully saturated rings. The second-order valence-electron chi connectivity index (χ2n) is 3.95. The summed E-state index contributed by atoms with van der Waals surface area (Å²) in [5.74, 6) is 1.06. The number of nitrogens with zero attached hydrogens (tertiary/aromatic N) is 1. The van der Waals surface area contributed by atoms with E-state index in [-0.39, 0.29) is 5.82 Å². The zero-order valence-corrected chi connectivity index (χ0v) is 10.2. The average Bonchev–Trinajstić information content (AvgIpc) is 2.35. The minimum atomic E-state index is -0.291. The van der Waals surface area contributed by atoms with Crippen molar-refractivity contribution in [2.45, 2.75) is 6.92 Å². The van der Waals surface area contributed by atoms with E-state index in [1.165, 1.54) is 12.1 Å². The van der Waals surface area contributed by atoms with Gasteiger partial charge in [-0.2, -0.15) is 0 Å². The number of ether oxygens (including phenoxy) is 1. The molecule has 18 heavy (non-hydrogen) atoms. The molecule has 1 heterocycles. The Morgan fingerprint density at radius 2 is 2.17 bits per heavy atom. The number of benzene rings is 1. The van der Waals surface area contributed by atoms with E-state index in [0.717, 1.165) is 11.4 Å². The SMILES string of the molecule is Cc1ccnc(NCCOc2cccc(F)c2)c1. The van der Waals surface area contributed by atoms with E-state index in [9.17, 15) is 4.39 Å². The second kappa shape index (κ2) is 6.00. The van der Waals surface area contributed by atoms with Crippen molar-refractivity contribution in [1.29, 1.82) is 0 Å². The Morgan fingerprint density at radius 3 is 2.94 bits per heavy atom. The first-order valence-corrected chi connectivity index (χ1v) is 5.79. The van der Waals surface area contributed by atoms with Gasteiger partial charge in [0.15, 0.2) is 0 Å². The van der Waals surface area contributed by atoms with Crippen LogP contribution in [0.2, 0.25) is 0 Å². The Bertz CT molecular complexity index is 469. The highest BCUT2D eigenvalue weighted by atomic mass is 19.1. The molecule has 0 spiro atoms. The third-order valence-electron chi connectivity index (χ3n) is 2.39. The number of halogens is 1. The van der Waals surface area contributed by atoms with Gasteiger partial charge in [0, 0.05) is 12.3 Å². The topological polar surface area (TPSA) is 34.2 Å². The monoisotopic (exact) mass is 246 g/mol. The molecule has 1 aromatic heterocycles. The average molecular weight is 246 g/mol. The van der Waals surface area contributed by atoms with Gasteiger partial charge >= 0.3 is 0 Å². The molecule has 94 valence electrons. The van der Waals surface area contributed by atoms with Gasteiger partial charge in [-0.1, -0.05) is 6.07 Å². The highest BCUT2D eigenvalue weighted by Gasteiger charge is 1.97. The van der Waals surface area contributed by atoms with Gasteiger partial charge < -0.3 is 10.1 Å². The van der Waals surface area contributed by atoms with Crippen LogP contribution in [0.5, 0.6) is 5.75 Å². The summed E-state index contributed by atoms with van der Waals surface area (Å²) in [4.78, 5) is 4.17. The first-order valence-electron chi connectivity index (χ1n) is 5.79. The van der Waals surface area contributed by atoms with Crippen LogP contribution >= 0.6 is 0 Å². The van der Waals surface area contributed by atoms with E-state index >= 15 is 0 Å². The van der Waals surface area contributed by atoms with Crippen molar-refractivity contribution in [3.63, 3.8) is 0 Å². The summed E-state index contributed by atoms with van der Waals surface area (Å²) >= 11 is 0. The van der Waals surface area contributed by atoms with E-state index in [1.807, 2.05) is 19.1 Å². The van der Waals surface area contributed by atoms with Crippen LogP contribution in [0.25, 0.3) is 0 Å². The van der Waals surface area contributed by atoms with E-state index in [2.05, 4.69) is 10.3 Å². The number of aryl methyl sites for hydroxylation is 1. The van der Waals surface area contributed by atoms with Crippen molar-refractivity contribution in [1.82, 2.24) is 4.98 Å². The van der Waals surface area contributed by atoms with E-state index < -0.39 is 0 Å². The normalized spacial score (nSPS) is 10.1. The maximum Gasteiger partial charge on any atom is 0.126 e. The van der Waals surface area contributed by atoms with Gasteiger partial charge in [-0.3, -0.25) is 0 Å². The maximum absolute atomic E-state index is 12.9. The number of pyridine rings is 1. The van der Waals surface area contributed by atoms with Gasteiger partial charge in [0.2, 0.25) is 0 Å². The number of hydrogen-bond acceptors (Lipinski definition) is 3. The van der Waals surface area contributed by atoms with Crippen molar-refractivity contribution in [2.24, 2.45) is 0 Å². The zero-order valence-electron chi connectivity index (χ0n) is 10.2. The van der Waals surface area contributed by atoms with Crippen molar-refractivity contribution >= 4 is 5.82 Å². The van der Waals surface area contributed by atoms with Crippen molar-refractivity contribution < 1.29 is 9.13 Å². The molecule has 0 aliphatic heterocycles. The molecule has 4 heteroatoms. The van der Waals surface area contributed by atoms with Crippen LogP contribution in [0.4, 0.5) is 10.2 Å². The van der Waals surface area contributed by atoms with Gasteiger partial charge in [-0.05, 0) is 36.8 Å². The molecule has 0 bridgehead atoms. The lowest BCUT2D eigenvalue weighted by Gasteiger charge is -2.08. The van der Waals surface area contributed by atoms with Crippen LogP contribution in [0.3, 0.4) is 0 Å². The van der Waals surface area contributed by atoms with Crippen molar-refractivity contribution in [3.8, 4) is 5.75 Å². The third-order valence-corrected chi connectivity index (χ3v) is 2.39. The number of rotatable bonds is 5. The highest BCUT2D eigenvalue weighted by Crippen LogP contribution is 2.11. The smallest absolute Gasteiger partial charge is 0.126 e. The summed E-state index contributed by atoms with van der Waals surface area (Å²) in [5, 5.41) is 3.14. The standard InChI is InChI=1S/C14H15FN2O/c1-11-5-6-16-14(9-11)17-7-8-18-13-4-2-3-12(15)10-13/h2-6,9-10H,7-8H2,1H3,(H,16,17).